The number of furan rings is 1. The molecule has 1 fully saturated rings. The van der Waals surface area contributed by atoms with Gasteiger partial charge in [-0.15, -0.1) is 0 Å². The molecule has 1 aromatic carbocycles. The molecule has 2 heterocycles. The van der Waals surface area contributed by atoms with Crippen molar-refractivity contribution in [2.24, 2.45) is 0 Å². The van der Waals surface area contributed by atoms with E-state index in [-0.39, 0.29) is 12.0 Å². The molecule has 2 aromatic rings. The maximum Gasteiger partial charge on any atom is 0.234 e. The van der Waals surface area contributed by atoms with E-state index in [9.17, 15) is 4.79 Å². The molecule has 0 spiro atoms. The van der Waals surface area contributed by atoms with Crippen molar-refractivity contribution in [3.8, 4) is 0 Å². The van der Waals surface area contributed by atoms with Crippen LogP contribution in [0, 0.1) is 0 Å². The molecule has 5 nitrogen and oxygen atoms in total. The Balaban J connectivity index is 1.48. The van der Waals surface area contributed by atoms with Crippen LogP contribution in [0.1, 0.15) is 17.4 Å². The van der Waals surface area contributed by atoms with Gasteiger partial charge in [0.25, 0.3) is 0 Å². The van der Waals surface area contributed by atoms with Crippen LogP contribution in [-0.2, 0) is 16.1 Å². The van der Waals surface area contributed by atoms with Crippen LogP contribution in [0.25, 0.3) is 0 Å². The second-order valence-electron chi connectivity index (χ2n) is 5.36. The molecule has 0 bridgehead atoms. The van der Waals surface area contributed by atoms with E-state index in [1.165, 1.54) is 0 Å². The molecular formula is C17H20N2O3. The first kappa shape index (κ1) is 14.8. The summed E-state index contributed by atoms with van der Waals surface area (Å²) in [7, 11) is 0. The van der Waals surface area contributed by atoms with Crippen LogP contribution in [0.4, 0.5) is 0 Å². The Kier molecular flexibility index (Phi) is 4.88. The van der Waals surface area contributed by atoms with Gasteiger partial charge < -0.3 is 14.5 Å². The Bertz CT molecular complexity index is 583. The Hall–Kier alpha value is -2.11. The fourth-order valence-electron chi connectivity index (χ4n) is 2.57. The normalized spacial score (nSPS) is 19.0. The summed E-state index contributed by atoms with van der Waals surface area (Å²) in [6.07, 6.45) is 1.64. The fraction of sp³-hybridized carbons (Fsp3) is 0.353. The second-order valence-corrected chi connectivity index (χ2v) is 5.36. The molecule has 1 aromatic heterocycles. The van der Waals surface area contributed by atoms with Crippen LogP contribution in [-0.4, -0.2) is 37.0 Å². The summed E-state index contributed by atoms with van der Waals surface area (Å²) in [6.45, 7) is 2.96. The van der Waals surface area contributed by atoms with Crippen LogP contribution < -0.4 is 5.32 Å². The lowest BCUT2D eigenvalue weighted by molar-refractivity contribution is -0.124. The molecule has 0 unspecified atom stereocenters. The van der Waals surface area contributed by atoms with Gasteiger partial charge in [-0.3, -0.25) is 9.69 Å². The van der Waals surface area contributed by atoms with Crippen LogP contribution >= 0.6 is 0 Å². The number of benzene rings is 1. The lowest BCUT2D eigenvalue weighted by Gasteiger charge is -2.32. The second kappa shape index (κ2) is 7.24. The van der Waals surface area contributed by atoms with Gasteiger partial charge in [0.1, 0.15) is 5.76 Å². The predicted molar refractivity (Wildman–Crippen MR) is 82.1 cm³/mol. The van der Waals surface area contributed by atoms with Crippen molar-refractivity contribution >= 4 is 5.91 Å². The van der Waals surface area contributed by atoms with Crippen molar-refractivity contribution in [1.82, 2.24) is 10.2 Å². The van der Waals surface area contributed by atoms with Crippen molar-refractivity contribution in [1.29, 1.82) is 0 Å². The number of carbonyl (C=O) groups is 1. The summed E-state index contributed by atoms with van der Waals surface area (Å²) in [5, 5.41) is 2.87. The molecule has 0 saturated carbocycles. The summed E-state index contributed by atoms with van der Waals surface area (Å²) in [5.41, 5.74) is 1.16. The number of nitrogens with one attached hydrogen (secondary N) is 1. The van der Waals surface area contributed by atoms with Crippen LogP contribution in [0.5, 0.6) is 0 Å². The number of carbonyl (C=O) groups excluding carboxylic acids is 1. The smallest absolute Gasteiger partial charge is 0.234 e. The number of amides is 1. The van der Waals surface area contributed by atoms with Crippen molar-refractivity contribution in [3.05, 3.63) is 60.1 Å². The molecule has 1 atom stereocenters. The maximum atomic E-state index is 12.0. The molecule has 116 valence electrons. The van der Waals surface area contributed by atoms with Gasteiger partial charge in [-0.05, 0) is 17.7 Å². The van der Waals surface area contributed by atoms with Gasteiger partial charge in [-0.2, -0.15) is 0 Å². The number of hydrogen-bond acceptors (Lipinski definition) is 4. The largest absolute Gasteiger partial charge is 0.467 e. The maximum absolute atomic E-state index is 12.0. The lowest BCUT2D eigenvalue weighted by Crippen LogP contribution is -2.44. The molecular weight excluding hydrogens is 280 g/mol. The highest BCUT2D eigenvalue weighted by molar-refractivity contribution is 5.77. The minimum absolute atomic E-state index is 0.00473. The Labute approximate surface area is 129 Å². The average molecular weight is 300 g/mol. The molecule has 1 N–H and O–H groups in total. The zero-order chi connectivity index (χ0) is 15.2. The third-order valence-corrected chi connectivity index (χ3v) is 3.73. The van der Waals surface area contributed by atoms with Crippen molar-refractivity contribution in [2.45, 2.75) is 12.6 Å². The van der Waals surface area contributed by atoms with Gasteiger partial charge in [0.05, 0.1) is 32.1 Å². The minimum Gasteiger partial charge on any atom is -0.467 e. The van der Waals surface area contributed by atoms with E-state index in [4.69, 9.17) is 9.15 Å². The van der Waals surface area contributed by atoms with E-state index in [0.717, 1.165) is 24.4 Å². The van der Waals surface area contributed by atoms with E-state index in [1.807, 2.05) is 30.3 Å². The summed E-state index contributed by atoms with van der Waals surface area (Å²) in [5.74, 6) is 0.766. The third-order valence-electron chi connectivity index (χ3n) is 3.73. The Morgan fingerprint density at radius 2 is 2.09 bits per heavy atom. The predicted octanol–water partition coefficient (Wildman–Crippen LogP) is 1.97. The van der Waals surface area contributed by atoms with Crippen LogP contribution in [0.2, 0.25) is 0 Å². The summed E-state index contributed by atoms with van der Waals surface area (Å²) in [4.78, 5) is 14.1. The number of ether oxygens (including phenoxy) is 1. The van der Waals surface area contributed by atoms with Gasteiger partial charge in [-0.25, -0.2) is 0 Å². The Morgan fingerprint density at radius 3 is 2.86 bits per heavy atom. The minimum atomic E-state index is 0.00473. The third kappa shape index (κ3) is 3.96. The van der Waals surface area contributed by atoms with Crippen molar-refractivity contribution in [2.75, 3.05) is 26.2 Å². The van der Waals surface area contributed by atoms with E-state index < -0.39 is 0 Å². The molecule has 1 aliphatic rings. The van der Waals surface area contributed by atoms with Gasteiger partial charge in [0.2, 0.25) is 5.91 Å². The van der Waals surface area contributed by atoms with E-state index in [2.05, 4.69) is 22.3 Å². The number of hydrogen-bond donors (Lipinski definition) is 1. The molecule has 5 heteroatoms. The van der Waals surface area contributed by atoms with Gasteiger partial charge in [0.15, 0.2) is 0 Å². The Morgan fingerprint density at radius 1 is 1.23 bits per heavy atom. The summed E-state index contributed by atoms with van der Waals surface area (Å²) < 4.78 is 11.0. The highest BCUT2D eigenvalue weighted by Gasteiger charge is 2.23. The summed E-state index contributed by atoms with van der Waals surface area (Å²) in [6, 6.07) is 13.8. The van der Waals surface area contributed by atoms with E-state index in [0.29, 0.717) is 19.7 Å². The standard InChI is InChI=1S/C17H20N2O3/c20-17(18-11-15-7-4-9-21-15)13-19-8-10-22-16(12-19)14-5-2-1-3-6-14/h1-7,9,16H,8,10-13H2,(H,18,20)/t16-/m0/s1. The van der Waals surface area contributed by atoms with E-state index >= 15 is 0 Å². The topological polar surface area (TPSA) is 54.7 Å². The van der Waals surface area contributed by atoms with Crippen molar-refractivity contribution in [3.63, 3.8) is 0 Å². The average Bonchev–Trinajstić information content (AvgIpc) is 3.08. The molecule has 1 aliphatic heterocycles. The first-order valence-electron chi connectivity index (χ1n) is 7.49. The number of morpholine rings is 1. The quantitative estimate of drug-likeness (QED) is 0.917. The molecule has 1 saturated heterocycles. The SMILES string of the molecule is O=C(CN1CCO[C@H](c2ccccc2)C1)NCc1ccco1. The fourth-order valence-corrected chi connectivity index (χ4v) is 2.57. The monoisotopic (exact) mass is 300 g/mol. The first-order valence-corrected chi connectivity index (χ1v) is 7.49. The van der Waals surface area contributed by atoms with Gasteiger partial charge in [0, 0.05) is 13.1 Å². The molecule has 3 rings (SSSR count). The molecule has 1 amide bonds. The molecule has 0 aliphatic carbocycles. The number of nitrogens with zero attached hydrogens (tertiary/aromatic N) is 1. The number of rotatable bonds is 5. The van der Waals surface area contributed by atoms with Gasteiger partial charge >= 0.3 is 0 Å². The lowest BCUT2D eigenvalue weighted by atomic mass is 10.1. The highest BCUT2D eigenvalue weighted by Crippen LogP contribution is 2.21. The molecule has 22 heavy (non-hydrogen) atoms. The zero-order valence-electron chi connectivity index (χ0n) is 12.4. The molecule has 0 radical (unpaired) electrons. The van der Waals surface area contributed by atoms with Crippen LogP contribution in [0.15, 0.2) is 53.1 Å². The van der Waals surface area contributed by atoms with Crippen LogP contribution in [0.3, 0.4) is 0 Å². The van der Waals surface area contributed by atoms with Gasteiger partial charge in [-0.1, -0.05) is 30.3 Å². The highest BCUT2D eigenvalue weighted by atomic mass is 16.5. The van der Waals surface area contributed by atoms with Crippen molar-refractivity contribution < 1.29 is 13.9 Å². The van der Waals surface area contributed by atoms with E-state index in [1.54, 1.807) is 6.26 Å². The first-order chi connectivity index (χ1) is 10.8. The summed E-state index contributed by atoms with van der Waals surface area (Å²) >= 11 is 0. The zero-order valence-corrected chi connectivity index (χ0v) is 12.4.